The highest BCUT2D eigenvalue weighted by Gasteiger charge is 2.09. The van der Waals surface area contributed by atoms with Crippen molar-refractivity contribution in [3.05, 3.63) is 12.7 Å². The van der Waals surface area contributed by atoms with Crippen LogP contribution in [0, 0.1) is 0 Å². The fourth-order valence-corrected chi connectivity index (χ4v) is 1.12. The maximum atomic E-state index is 10.9. The summed E-state index contributed by atoms with van der Waals surface area (Å²) in [4.78, 5) is 10.9. The molecule has 2 atom stereocenters. The summed E-state index contributed by atoms with van der Waals surface area (Å²) in [7, 11) is 0. The predicted octanol–water partition coefficient (Wildman–Crippen LogP) is 2.33. The SMILES string of the molecule is C=CC(=O)OC(C)COC(C)COCCCC. The molecule has 0 fully saturated rings. The van der Waals surface area contributed by atoms with Crippen LogP contribution in [0.3, 0.4) is 0 Å². The molecule has 0 heterocycles. The van der Waals surface area contributed by atoms with E-state index in [9.17, 15) is 4.79 Å². The molecular weight excluding hydrogens is 220 g/mol. The Balaban J connectivity index is 3.51. The topological polar surface area (TPSA) is 44.8 Å². The van der Waals surface area contributed by atoms with Gasteiger partial charge in [-0.15, -0.1) is 0 Å². The van der Waals surface area contributed by atoms with E-state index in [-0.39, 0.29) is 12.2 Å². The second-order valence-corrected chi connectivity index (χ2v) is 4.02. The minimum atomic E-state index is -0.423. The van der Waals surface area contributed by atoms with Gasteiger partial charge in [-0.25, -0.2) is 4.79 Å². The molecule has 0 aliphatic rings. The largest absolute Gasteiger partial charge is 0.457 e. The van der Waals surface area contributed by atoms with Crippen molar-refractivity contribution in [3.63, 3.8) is 0 Å². The molecule has 0 rings (SSSR count). The second kappa shape index (κ2) is 10.3. The third-order valence-corrected chi connectivity index (χ3v) is 2.09. The molecule has 0 aromatic rings. The molecule has 0 saturated carbocycles. The normalized spacial score (nSPS) is 14.1. The summed E-state index contributed by atoms with van der Waals surface area (Å²) in [5.74, 6) is -0.423. The zero-order chi connectivity index (χ0) is 13.1. The van der Waals surface area contributed by atoms with Crippen LogP contribution in [0.4, 0.5) is 0 Å². The van der Waals surface area contributed by atoms with E-state index < -0.39 is 5.97 Å². The van der Waals surface area contributed by atoms with E-state index in [2.05, 4.69) is 13.5 Å². The highest BCUT2D eigenvalue weighted by Crippen LogP contribution is 1.99. The third kappa shape index (κ3) is 10.0. The number of carbonyl (C=O) groups is 1. The maximum Gasteiger partial charge on any atom is 0.330 e. The summed E-state index contributed by atoms with van der Waals surface area (Å²) in [6.07, 6.45) is 3.09. The molecule has 0 aromatic heterocycles. The summed E-state index contributed by atoms with van der Waals surface area (Å²) in [6.45, 7) is 10.9. The van der Waals surface area contributed by atoms with Gasteiger partial charge in [0.25, 0.3) is 0 Å². The minimum Gasteiger partial charge on any atom is -0.457 e. The Morgan fingerprint density at radius 2 is 2.00 bits per heavy atom. The molecule has 0 bridgehead atoms. The van der Waals surface area contributed by atoms with Gasteiger partial charge in [0, 0.05) is 12.7 Å². The smallest absolute Gasteiger partial charge is 0.330 e. The number of esters is 1. The number of ether oxygens (including phenoxy) is 3. The summed E-state index contributed by atoms with van der Waals surface area (Å²) in [5, 5.41) is 0. The molecule has 0 aromatic carbocycles. The Morgan fingerprint density at radius 3 is 2.59 bits per heavy atom. The highest BCUT2D eigenvalue weighted by atomic mass is 16.6. The van der Waals surface area contributed by atoms with Crippen molar-refractivity contribution in [3.8, 4) is 0 Å². The van der Waals surface area contributed by atoms with Crippen LogP contribution in [0.2, 0.25) is 0 Å². The van der Waals surface area contributed by atoms with Crippen molar-refractivity contribution in [1.29, 1.82) is 0 Å². The van der Waals surface area contributed by atoms with Crippen LogP contribution in [0.15, 0.2) is 12.7 Å². The van der Waals surface area contributed by atoms with Gasteiger partial charge < -0.3 is 14.2 Å². The molecule has 2 unspecified atom stereocenters. The Morgan fingerprint density at radius 1 is 1.29 bits per heavy atom. The van der Waals surface area contributed by atoms with E-state index in [0.29, 0.717) is 13.2 Å². The van der Waals surface area contributed by atoms with Crippen LogP contribution in [-0.2, 0) is 19.0 Å². The number of carbonyl (C=O) groups excluding carboxylic acids is 1. The molecule has 100 valence electrons. The zero-order valence-electron chi connectivity index (χ0n) is 11.1. The van der Waals surface area contributed by atoms with Crippen molar-refractivity contribution in [2.75, 3.05) is 19.8 Å². The molecule has 0 aliphatic heterocycles. The lowest BCUT2D eigenvalue weighted by atomic mass is 10.3. The molecule has 0 saturated heterocycles. The van der Waals surface area contributed by atoms with Gasteiger partial charge in [-0.2, -0.15) is 0 Å². The van der Waals surface area contributed by atoms with Crippen molar-refractivity contribution in [2.45, 2.75) is 45.8 Å². The van der Waals surface area contributed by atoms with Gasteiger partial charge in [0.1, 0.15) is 6.10 Å². The number of hydrogen-bond acceptors (Lipinski definition) is 4. The summed E-state index contributed by atoms with van der Waals surface area (Å²) >= 11 is 0. The quantitative estimate of drug-likeness (QED) is 0.336. The van der Waals surface area contributed by atoms with Crippen LogP contribution in [0.1, 0.15) is 33.6 Å². The molecule has 4 nitrogen and oxygen atoms in total. The van der Waals surface area contributed by atoms with E-state index in [1.807, 2.05) is 6.92 Å². The lowest BCUT2D eigenvalue weighted by Crippen LogP contribution is -2.25. The van der Waals surface area contributed by atoms with Crippen LogP contribution in [0.5, 0.6) is 0 Å². The Bertz CT molecular complexity index is 215. The summed E-state index contributed by atoms with van der Waals surface area (Å²) in [5.41, 5.74) is 0. The van der Waals surface area contributed by atoms with Crippen molar-refractivity contribution >= 4 is 5.97 Å². The summed E-state index contributed by atoms with van der Waals surface area (Å²) < 4.78 is 15.9. The van der Waals surface area contributed by atoms with E-state index in [1.54, 1.807) is 6.92 Å². The lowest BCUT2D eigenvalue weighted by molar-refractivity contribution is -0.146. The van der Waals surface area contributed by atoms with Crippen molar-refractivity contribution in [1.82, 2.24) is 0 Å². The zero-order valence-corrected chi connectivity index (χ0v) is 11.1. The first-order valence-corrected chi connectivity index (χ1v) is 6.12. The maximum absolute atomic E-state index is 10.9. The average Bonchev–Trinajstić information content (AvgIpc) is 2.32. The molecular formula is C13H24O4. The van der Waals surface area contributed by atoms with Gasteiger partial charge in [-0.05, 0) is 20.3 Å². The fraction of sp³-hybridized carbons (Fsp3) is 0.769. The lowest BCUT2D eigenvalue weighted by Gasteiger charge is -2.17. The van der Waals surface area contributed by atoms with Crippen LogP contribution in [0.25, 0.3) is 0 Å². The molecule has 4 heteroatoms. The second-order valence-electron chi connectivity index (χ2n) is 4.02. The van der Waals surface area contributed by atoms with Crippen molar-refractivity contribution in [2.24, 2.45) is 0 Å². The van der Waals surface area contributed by atoms with E-state index in [4.69, 9.17) is 14.2 Å². The first-order chi connectivity index (χ1) is 8.10. The Hall–Kier alpha value is -0.870. The van der Waals surface area contributed by atoms with Crippen LogP contribution < -0.4 is 0 Å². The monoisotopic (exact) mass is 244 g/mol. The Labute approximate surface area is 104 Å². The number of unbranched alkanes of at least 4 members (excludes halogenated alkanes) is 1. The fourth-order valence-electron chi connectivity index (χ4n) is 1.12. The van der Waals surface area contributed by atoms with Crippen LogP contribution in [-0.4, -0.2) is 38.0 Å². The summed E-state index contributed by atoms with van der Waals surface area (Å²) in [6, 6.07) is 0. The van der Waals surface area contributed by atoms with Gasteiger partial charge in [0.2, 0.25) is 0 Å². The molecule has 0 radical (unpaired) electrons. The molecule has 0 aliphatic carbocycles. The standard InChI is InChI=1S/C13H24O4/c1-5-7-8-15-9-11(3)16-10-12(4)17-13(14)6-2/h6,11-12H,2,5,7-10H2,1,3-4H3. The van der Waals surface area contributed by atoms with Gasteiger partial charge in [-0.3, -0.25) is 0 Å². The van der Waals surface area contributed by atoms with Gasteiger partial charge in [0.05, 0.1) is 19.3 Å². The van der Waals surface area contributed by atoms with Gasteiger partial charge in [-0.1, -0.05) is 19.9 Å². The number of rotatable bonds is 10. The van der Waals surface area contributed by atoms with Crippen LogP contribution >= 0.6 is 0 Å². The number of hydrogen-bond donors (Lipinski definition) is 0. The highest BCUT2D eigenvalue weighted by molar-refractivity contribution is 5.81. The van der Waals surface area contributed by atoms with Gasteiger partial charge in [0.15, 0.2) is 0 Å². The molecule has 0 N–H and O–H groups in total. The molecule has 17 heavy (non-hydrogen) atoms. The minimum absolute atomic E-state index is 0.0109. The first-order valence-electron chi connectivity index (χ1n) is 6.12. The molecule has 0 amide bonds. The molecule has 0 spiro atoms. The van der Waals surface area contributed by atoms with E-state index in [1.165, 1.54) is 0 Å². The average molecular weight is 244 g/mol. The Kier molecular flexibility index (Phi) is 9.77. The van der Waals surface area contributed by atoms with Crippen molar-refractivity contribution < 1.29 is 19.0 Å². The van der Waals surface area contributed by atoms with E-state index >= 15 is 0 Å². The predicted molar refractivity (Wildman–Crippen MR) is 66.9 cm³/mol. The van der Waals surface area contributed by atoms with Gasteiger partial charge >= 0.3 is 5.97 Å². The first kappa shape index (κ1) is 16.1. The third-order valence-electron chi connectivity index (χ3n) is 2.09. The van der Waals surface area contributed by atoms with E-state index in [0.717, 1.165) is 25.5 Å².